The lowest BCUT2D eigenvalue weighted by molar-refractivity contribution is -0.0993. The van der Waals surface area contributed by atoms with E-state index in [9.17, 15) is 0 Å². The lowest BCUT2D eigenvalue weighted by Gasteiger charge is -2.60. The molecule has 0 amide bonds. The second kappa shape index (κ2) is 9.31. The number of alkyl halides is 1. The third-order valence-corrected chi connectivity index (χ3v) is 12.1. The summed E-state index contributed by atoms with van der Waals surface area (Å²) in [4.78, 5) is 0.792. The van der Waals surface area contributed by atoms with Crippen LogP contribution in [0.2, 0.25) is 0 Å². The molecule has 0 aromatic heterocycles. The van der Waals surface area contributed by atoms with Gasteiger partial charge in [0.25, 0.3) is 0 Å². The minimum Gasteiger partial charge on any atom is -0.0891 e. The molecule has 10 unspecified atom stereocenters. The Labute approximate surface area is 200 Å². The maximum atomic E-state index is 4.13. The largest absolute Gasteiger partial charge is 0.0891 e. The van der Waals surface area contributed by atoms with Crippen LogP contribution in [0.4, 0.5) is 0 Å². The van der Waals surface area contributed by atoms with Crippen LogP contribution in [0.1, 0.15) is 96.3 Å². The molecule has 172 valence electrons. The van der Waals surface area contributed by atoms with Crippen molar-refractivity contribution in [1.82, 2.24) is 0 Å². The van der Waals surface area contributed by atoms with Crippen molar-refractivity contribution in [1.29, 1.82) is 0 Å². The molecule has 4 fully saturated rings. The first-order valence-corrected chi connectivity index (χ1v) is 15.2. The maximum Gasteiger partial charge on any atom is 0.0148 e. The first kappa shape index (κ1) is 21.5. The van der Waals surface area contributed by atoms with Gasteiger partial charge in [0.15, 0.2) is 0 Å². The molecule has 0 bridgehead atoms. The van der Waals surface area contributed by atoms with Crippen molar-refractivity contribution in [2.75, 3.05) is 0 Å². The van der Waals surface area contributed by atoms with Crippen molar-refractivity contribution in [2.24, 2.45) is 59.2 Å². The van der Waals surface area contributed by atoms with Crippen LogP contribution in [-0.2, 0) is 0 Å². The van der Waals surface area contributed by atoms with Crippen molar-refractivity contribution >= 4 is 15.9 Å². The van der Waals surface area contributed by atoms with Gasteiger partial charge in [-0.15, -0.1) is 0 Å². The van der Waals surface area contributed by atoms with Gasteiger partial charge in [0, 0.05) is 4.83 Å². The highest BCUT2D eigenvalue weighted by molar-refractivity contribution is 9.09. The number of hydrogen-bond donors (Lipinski definition) is 0. The predicted molar refractivity (Wildman–Crippen MR) is 135 cm³/mol. The molecule has 1 heteroatoms. The van der Waals surface area contributed by atoms with Crippen LogP contribution in [-0.4, -0.2) is 4.83 Å². The molecule has 31 heavy (non-hydrogen) atoms. The van der Waals surface area contributed by atoms with E-state index in [1.54, 1.807) is 12.8 Å². The Morgan fingerprint density at radius 2 is 1.23 bits per heavy atom. The van der Waals surface area contributed by atoms with Gasteiger partial charge in [0.1, 0.15) is 0 Å². The van der Waals surface area contributed by atoms with Gasteiger partial charge in [-0.2, -0.15) is 0 Å². The summed E-state index contributed by atoms with van der Waals surface area (Å²) in [5.41, 5.74) is 0. The molecule has 0 spiro atoms. The predicted octanol–water partition coefficient (Wildman–Crippen LogP) is 8.96. The summed E-state index contributed by atoms with van der Waals surface area (Å²) in [7, 11) is 0. The summed E-state index contributed by atoms with van der Waals surface area (Å²) in [6, 6.07) is 0. The zero-order valence-electron chi connectivity index (χ0n) is 19.6. The fourth-order valence-electron chi connectivity index (χ4n) is 10.3. The molecule has 10 atom stereocenters. The third kappa shape index (κ3) is 3.95. The number of rotatable bonds is 2. The second-order valence-corrected chi connectivity index (χ2v) is 13.8. The molecule has 0 aliphatic heterocycles. The fraction of sp³-hybridized carbons (Fsp3) is 0.867. The monoisotopic (exact) mass is 484 g/mol. The summed E-state index contributed by atoms with van der Waals surface area (Å²) in [6.45, 7) is 0. The Balaban J connectivity index is 1.37. The van der Waals surface area contributed by atoms with Crippen LogP contribution >= 0.6 is 15.9 Å². The molecule has 4 saturated carbocycles. The van der Waals surface area contributed by atoms with Crippen LogP contribution in [0.5, 0.6) is 0 Å². The van der Waals surface area contributed by atoms with Crippen LogP contribution in [0.25, 0.3) is 0 Å². The van der Waals surface area contributed by atoms with Crippen molar-refractivity contribution in [3.63, 3.8) is 0 Å². The molecular formula is C30H45Br. The van der Waals surface area contributed by atoms with E-state index < -0.39 is 0 Å². The highest BCUT2D eigenvalue weighted by atomic mass is 79.9. The van der Waals surface area contributed by atoms with Gasteiger partial charge < -0.3 is 0 Å². The van der Waals surface area contributed by atoms with E-state index >= 15 is 0 Å². The highest BCUT2D eigenvalue weighted by Crippen LogP contribution is 2.62. The van der Waals surface area contributed by atoms with Gasteiger partial charge in [0.05, 0.1) is 0 Å². The van der Waals surface area contributed by atoms with Crippen LogP contribution in [0.3, 0.4) is 0 Å². The SMILES string of the molecule is BrC1CCC2C(C1)C(C1CCCCC1)C1CC=CCC1C2C1C=CCC2CCCCC21. The van der Waals surface area contributed by atoms with Gasteiger partial charge in [-0.25, -0.2) is 0 Å². The topological polar surface area (TPSA) is 0 Å². The number of halogens is 1. The van der Waals surface area contributed by atoms with Crippen molar-refractivity contribution < 1.29 is 0 Å². The van der Waals surface area contributed by atoms with Crippen molar-refractivity contribution in [2.45, 2.75) is 101 Å². The molecule has 0 aromatic rings. The molecule has 0 nitrogen and oxygen atoms in total. The van der Waals surface area contributed by atoms with Gasteiger partial charge in [-0.1, -0.05) is 85.2 Å². The average Bonchev–Trinajstić information content (AvgIpc) is 2.83. The maximum absolute atomic E-state index is 4.13. The minimum atomic E-state index is 0.792. The van der Waals surface area contributed by atoms with E-state index in [0.29, 0.717) is 0 Å². The quantitative estimate of drug-likeness (QED) is 0.270. The summed E-state index contributed by atoms with van der Waals surface area (Å²) in [6.07, 6.45) is 33.0. The standard InChI is InChI=1S/C30H45Br/c31-22-17-18-27-28(19-22)29(21-10-2-1-3-11-21)25-14-6-7-15-26(25)30(27)24-16-8-12-20-9-4-5-13-23(20)24/h6-8,16,20-30H,1-5,9-15,17-19H2. The third-order valence-electron chi connectivity index (χ3n) is 11.3. The van der Waals surface area contributed by atoms with E-state index in [1.165, 1.54) is 83.5 Å². The second-order valence-electron chi connectivity index (χ2n) is 12.5. The van der Waals surface area contributed by atoms with E-state index in [2.05, 4.69) is 40.2 Å². The fourth-order valence-corrected chi connectivity index (χ4v) is 11.0. The molecule has 0 heterocycles. The van der Waals surface area contributed by atoms with Crippen LogP contribution in [0, 0.1) is 59.2 Å². The zero-order valence-corrected chi connectivity index (χ0v) is 21.2. The van der Waals surface area contributed by atoms with Crippen molar-refractivity contribution in [3.8, 4) is 0 Å². The van der Waals surface area contributed by atoms with E-state index in [0.717, 1.165) is 64.0 Å². The van der Waals surface area contributed by atoms with Crippen molar-refractivity contribution in [3.05, 3.63) is 24.3 Å². The molecule has 6 aliphatic rings. The van der Waals surface area contributed by atoms with Gasteiger partial charge in [0.2, 0.25) is 0 Å². The molecule has 0 saturated heterocycles. The Morgan fingerprint density at radius 1 is 0.516 bits per heavy atom. The van der Waals surface area contributed by atoms with E-state index in [4.69, 9.17) is 0 Å². The Morgan fingerprint density at radius 3 is 2.06 bits per heavy atom. The Kier molecular flexibility index (Phi) is 6.45. The lowest BCUT2D eigenvalue weighted by Crippen LogP contribution is -2.55. The van der Waals surface area contributed by atoms with Crippen LogP contribution in [0.15, 0.2) is 24.3 Å². The Bertz CT molecular complexity index is 672. The smallest absolute Gasteiger partial charge is 0.0148 e. The lowest BCUT2D eigenvalue weighted by atomic mass is 9.45. The number of fused-ring (bicyclic) bond motifs is 3. The minimum absolute atomic E-state index is 0.792. The molecule has 6 aliphatic carbocycles. The summed E-state index contributed by atoms with van der Waals surface area (Å²) in [5, 5.41) is 0. The van der Waals surface area contributed by atoms with Gasteiger partial charge >= 0.3 is 0 Å². The molecule has 0 radical (unpaired) electrons. The summed E-state index contributed by atoms with van der Waals surface area (Å²) in [5.74, 6) is 10.0. The number of hydrogen-bond acceptors (Lipinski definition) is 0. The van der Waals surface area contributed by atoms with Gasteiger partial charge in [-0.3, -0.25) is 0 Å². The van der Waals surface area contributed by atoms with Crippen LogP contribution < -0.4 is 0 Å². The van der Waals surface area contributed by atoms with E-state index in [-0.39, 0.29) is 0 Å². The van der Waals surface area contributed by atoms with E-state index in [1.807, 2.05) is 0 Å². The Hall–Kier alpha value is -0.0400. The van der Waals surface area contributed by atoms with Gasteiger partial charge in [-0.05, 0) is 111 Å². The summed E-state index contributed by atoms with van der Waals surface area (Å²) >= 11 is 4.13. The first-order chi connectivity index (χ1) is 15.3. The molecule has 0 aromatic carbocycles. The first-order valence-electron chi connectivity index (χ1n) is 14.3. The zero-order chi connectivity index (χ0) is 20.8. The number of allylic oxidation sites excluding steroid dienone is 4. The molecular weight excluding hydrogens is 440 g/mol. The summed E-state index contributed by atoms with van der Waals surface area (Å²) < 4.78 is 0. The average molecular weight is 486 g/mol. The molecule has 0 N–H and O–H groups in total. The molecule has 6 rings (SSSR count). The normalized spacial score (nSPS) is 50.4. The highest BCUT2D eigenvalue weighted by Gasteiger charge is 2.56.